The van der Waals surface area contributed by atoms with Gasteiger partial charge in [0.2, 0.25) is 0 Å². The summed E-state index contributed by atoms with van der Waals surface area (Å²) in [4.78, 5) is 6.51. The Bertz CT molecular complexity index is 545. The lowest BCUT2D eigenvalue weighted by Crippen LogP contribution is -2.47. The summed E-state index contributed by atoms with van der Waals surface area (Å²) in [5.74, 6) is 0.474. The van der Waals surface area contributed by atoms with Crippen LogP contribution in [0.2, 0.25) is 0 Å². The number of rotatable bonds is 5. The van der Waals surface area contributed by atoms with Crippen LogP contribution in [0.4, 0.5) is 5.69 Å². The first kappa shape index (κ1) is 15.3. The smallest absolute Gasteiger partial charge is 0.154 e. The van der Waals surface area contributed by atoms with E-state index >= 15 is 0 Å². The Morgan fingerprint density at radius 1 is 1.50 bits per heavy atom. The molecule has 1 atom stereocenters. The minimum absolute atomic E-state index is 0.0209. The van der Waals surface area contributed by atoms with E-state index in [0.717, 1.165) is 30.9 Å². The van der Waals surface area contributed by atoms with E-state index in [-0.39, 0.29) is 17.5 Å². The largest absolute Gasteiger partial charge is 0.367 e. The molecule has 0 saturated carbocycles. The zero-order valence-corrected chi connectivity index (χ0v) is 13.0. The fourth-order valence-electron chi connectivity index (χ4n) is 2.52. The number of aromatic nitrogens is 1. The molecule has 1 aliphatic rings. The van der Waals surface area contributed by atoms with Gasteiger partial charge < -0.3 is 10.2 Å². The molecule has 1 saturated heterocycles. The third-order valence-corrected chi connectivity index (χ3v) is 5.33. The fourth-order valence-corrected chi connectivity index (χ4v) is 4.07. The number of sulfone groups is 1. The maximum Gasteiger partial charge on any atom is 0.154 e. The van der Waals surface area contributed by atoms with Crippen LogP contribution in [0.3, 0.4) is 0 Å². The van der Waals surface area contributed by atoms with Crippen molar-refractivity contribution in [1.82, 2.24) is 10.3 Å². The van der Waals surface area contributed by atoms with Crippen LogP contribution in [0.15, 0.2) is 18.3 Å². The number of hydrogen-bond acceptors (Lipinski definition) is 5. The molecule has 0 amide bonds. The Kier molecular flexibility index (Phi) is 4.99. The lowest BCUT2D eigenvalue weighted by molar-refractivity contribution is 0.568. The second-order valence-corrected chi connectivity index (χ2v) is 7.57. The molecule has 0 bridgehead atoms. The van der Waals surface area contributed by atoms with Crippen molar-refractivity contribution in [2.75, 3.05) is 29.5 Å². The summed E-state index contributed by atoms with van der Waals surface area (Å²) >= 11 is 0. The summed E-state index contributed by atoms with van der Waals surface area (Å²) in [6.07, 6.45) is 2.90. The fraction of sp³-hybridized carbons (Fsp3) is 0.643. The molecule has 0 aromatic carbocycles. The lowest BCUT2D eigenvalue weighted by atomic mass is 10.2. The molecule has 20 heavy (non-hydrogen) atoms. The van der Waals surface area contributed by atoms with Crippen LogP contribution in [-0.4, -0.2) is 44.0 Å². The van der Waals surface area contributed by atoms with Gasteiger partial charge in [0.05, 0.1) is 17.2 Å². The van der Waals surface area contributed by atoms with Crippen LogP contribution >= 0.6 is 0 Å². The quantitative estimate of drug-likeness (QED) is 0.828. The molecular weight excluding hydrogens is 274 g/mol. The molecule has 5 nitrogen and oxygen atoms in total. The van der Waals surface area contributed by atoms with E-state index in [1.165, 1.54) is 0 Å². The van der Waals surface area contributed by atoms with Gasteiger partial charge in [-0.3, -0.25) is 4.98 Å². The molecule has 1 fully saturated rings. The van der Waals surface area contributed by atoms with Gasteiger partial charge in [-0.05, 0) is 32.0 Å². The molecule has 2 rings (SSSR count). The summed E-state index contributed by atoms with van der Waals surface area (Å²) in [5.41, 5.74) is 2.06. The molecule has 1 N–H and O–H groups in total. The van der Waals surface area contributed by atoms with Crippen LogP contribution in [0, 0.1) is 0 Å². The molecular formula is C14H23N3O2S. The highest BCUT2D eigenvalue weighted by atomic mass is 32.2. The number of hydrogen-bond donors (Lipinski definition) is 1. The van der Waals surface area contributed by atoms with Crippen LogP contribution in [0.5, 0.6) is 0 Å². The maximum absolute atomic E-state index is 11.6. The van der Waals surface area contributed by atoms with E-state index in [0.29, 0.717) is 6.54 Å². The summed E-state index contributed by atoms with van der Waals surface area (Å²) in [6.45, 7) is 6.39. The highest BCUT2D eigenvalue weighted by molar-refractivity contribution is 7.91. The van der Waals surface area contributed by atoms with Gasteiger partial charge in [-0.15, -0.1) is 0 Å². The van der Waals surface area contributed by atoms with Gasteiger partial charge in [0, 0.05) is 31.0 Å². The highest BCUT2D eigenvalue weighted by Crippen LogP contribution is 2.21. The third kappa shape index (κ3) is 3.93. The maximum atomic E-state index is 11.6. The predicted octanol–water partition coefficient (Wildman–Crippen LogP) is 1.20. The van der Waals surface area contributed by atoms with Crippen molar-refractivity contribution in [3.63, 3.8) is 0 Å². The first-order valence-corrected chi connectivity index (χ1v) is 8.96. The molecule has 6 heteroatoms. The zero-order chi connectivity index (χ0) is 14.6. The van der Waals surface area contributed by atoms with Crippen molar-refractivity contribution < 1.29 is 8.42 Å². The average Bonchev–Trinajstić information content (AvgIpc) is 2.38. The molecule has 1 aromatic rings. The summed E-state index contributed by atoms with van der Waals surface area (Å²) < 4.78 is 23.3. The summed E-state index contributed by atoms with van der Waals surface area (Å²) in [7, 11) is -2.87. The SMILES string of the molecule is CCCNCc1cc(N2CCS(=O)(=O)CC2C)ccn1. The van der Waals surface area contributed by atoms with Gasteiger partial charge in [-0.25, -0.2) is 8.42 Å². The van der Waals surface area contributed by atoms with E-state index in [9.17, 15) is 8.42 Å². The zero-order valence-electron chi connectivity index (χ0n) is 12.2. The van der Waals surface area contributed by atoms with Crippen molar-refractivity contribution in [3.8, 4) is 0 Å². The first-order chi connectivity index (χ1) is 9.52. The standard InChI is InChI=1S/C14H23N3O2S/c1-3-5-15-10-13-9-14(4-6-16-13)17-7-8-20(18,19)11-12(17)2/h4,6,9,12,15H,3,5,7-8,10-11H2,1-2H3. The molecule has 0 aliphatic carbocycles. The monoisotopic (exact) mass is 297 g/mol. The van der Waals surface area contributed by atoms with Crippen LogP contribution in [-0.2, 0) is 16.4 Å². The highest BCUT2D eigenvalue weighted by Gasteiger charge is 2.28. The van der Waals surface area contributed by atoms with Crippen molar-refractivity contribution in [3.05, 3.63) is 24.0 Å². The van der Waals surface area contributed by atoms with E-state index in [2.05, 4.69) is 28.2 Å². The minimum Gasteiger partial charge on any atom is -0.367 e. The molecule has 1 aromatic heterocycles. The number of pyridine rings is 1. The molecule has 0 spiro atoms. The number of nitrogens with one attached hydrogen (secondary N) is 1. The van der Waals surface area contributed by atoms with Crippen LogP contribution in [0.25, 0.3) is 0 Å². The predicted molar refractivity (Wildman–Crippen MR) is 81.7 cm³/mol. The van der Waals surface area contributed by atoms with Crippen molar-refractivity contribution in [2.45, 2.75) is 32.9 Å². The summed E-state index contributed by atoms with van der Waals surface area (Å²) in [6, 6.07) is 4.03. The Balaban J connectivity index is 2.07. The van der Waals surface area contributed by atoms with Gasteiger partial charge in [0.15, 0.2) is 9.84 Å². The van der Waals surface area contributed by atoms with Gasteiger partial charge in [-0.1, -0.05) is 6.92 Å². The van der Waals surface area contributed by atoms with Crippen molar-refractivity contribution in [1.29, 1.82) is 0 Å². The molecule has 1 unspecified atom stereocenters. The van der Waals surface area contributed by atoms with E-state index < -0.39 is 9.84 Å². The number of nitrogens with zero attached hydrogens (tertiary/aromatic N) is 2. The Morgan fingerprint density at radius 3 is 3.00 bits per heavy atom. The van der Waals surface area contributed by atoms with Crippen LogP contribution in [0.1, 0.15) is 26.0 Å². The lowest BCUT2D eigenvalue weighted by Gasteiger charge is -2.35. The van der Waals surface area contributed by atoms with Gasteiger partial charge in [0.1, 0.15) is 0 Å². The Labute approximate surface area is 121 Å². The van der Waals surface area contributed by atoms with Crippen molar-refractivity contribution >= 4 is 15.5 Å². The third-order valence-electron chi connectivity index (χ3n) is 3.54. The number of anilines is 1. The Hall–Kier alpha value is -1.14. The molecule has 0 radical (unpaired) electrons. The molecule has 112 valence electrons. The van der Waals surface area contributed by atoms with E-state index in [1.54, 1.807) is 6.20 Å². The van der Waals surface area contributed by atoms with Gasteiger partial charge >= 0.3 is 0 Å². The summed E-state index contributed by atoms with van der Waals surface area (Å²) in [5, 5.41) is 3.33. The second-order valence-electron chi connectivity index (χ2n) is 5.34. The molecule has 2 heterocycles. The molecule has 1 aliphatic heterocycles. The van der Waals surface area contributed by atoms with Crippen LogP contribution < -0.4 is 10.2 Å². The second kappa shape index (κ2) is 6.54. The normalized spacial score (nSPS) is 21.9. The Morgan fingerprint density at radius 2 is 2.30 bits per heavy atom. The average molecular weight is 297 g/mol. The minimum atomic E-state index is -2.87. The first-order valence-electron chi connectivity index (χ1n) is 7.14. The topological polar surface area (TPSA) is 62.3 Å². The van der Waals surface area contributed by atoms with Gasteiger partial charge in [0.25, 0.3) is 0 Å². The van der Waals surface area contributed by atoms with Gasteiger partial charge in [-0.2, -0.15) is 0 Å². The van der Waals surface area contributed by atoms with E-state index in [1.807, 2.05) is 13.0 Å². The van der Waals surface area contributed by atoms with E-state index in [4.69, 9.17) is 0 Å². The van der Waals surface area contributed by atoms with Crippen molar-refractivity contribution in [2.24, 2.45) is 0 Å².